The third-order valence-electron chi connectivity index (χ3n) is 8.63. The van der Waals surface area contributed by atoms with Gasteiger partial charge in [0.15, 0.2) is 0 Å². The van der Waals surface area contributed by atoms with Gasteiger partial charge in [-0.3, -0.25) is 4.79 Å². The van der Waals surface area contributed by atoms with Crippen LogP contribution in [0.15, 0.2) is 41.3 Å². The van der Waals surface area contributed by atoms with Crippen LogP contribution in [0.4, 0.5) is 5.69 Å². The highest BCUT2D eigenvalue weighted by Gasteiger charge is 2.42. The van der Waals surface area contributed by atoms with Gasteiger partial charge in [0.1, 0.15) is 0 Å². The molecule has 3 aliphatic carbocycles. The van der Waals surface area contributed by atoms with Crippen molar-refractivity contribution in [2.75, 3.05) is 5.32 Å². The molecule has 0 heterocycles. The first-order valence-electron chi connectivity index (χ1n) is 13.2. The molecule has 35 heavy (non-hydrogen) atoms. The number of sulfonamides is 1. The second-order valence-corrected chi connectivity index (χ2v) is 13.3. The van der Waals surface area contributed by atoms with Gasteiger partial charge < -0.3 is 5.32 Å². The molecule has 2 aromatic rings. The number of carbonyl (C=O) groups is 1. The van der Waals surface area contributed by atoms with Crippen LogP contribution >= 0.6 is 0 Å². The quantitative estimate of drug-likeness (QED) is 0.542. The topological polar surface area (TPSA) is 75.3 Å². The second kappa shape index (κ2) is 9.04. The lowest BCUT2D eigenvalue weighted by molar-refractivity contribution is -0.121. The molecule has 3 atom stereocenters. The zero-order valence-electron chi connectivity index (χ0n) is 21.4. The largest absolute Gasteiger partial charge is 0.325 e. The number of amides is 1. The van der Waals surface area contributed by atoms with E-state index in [1.165, 1.54) is 28.7 Å². The minimum Gasteiger partial charge on any atom is -0.325 e. The lowest BCUT2D eigenvalue weighted by Gasteiger charge is -2.41. The molecule has 5 rings (SSSR count). The Kier molecular flexibility index (Phi) is 6.33. The Hall–Kier alpha value is -2.18. The van der Waals surface area contributed by atoms with Gasteiger partial charge in [0.25, 0.3) is 0 Å². The van der Waals surface area contributed by atoms with E-state index < -0.39 is 15.4 Å². The van der Waals surface area contributed by atoms with Crippen molar-refractivity contribution in [1.29, 1.82) is 0 Å². The van der Waals surface area contributed by atoms with Gasteiger partial charge in [-0.25, -0.2) is 13.1 Å². The third kappa shape index (κ3) is 4.67. The molecule has 0 radical (unpaired) electrons. The highest BCUT2D eigenvalue weighted by atomic mass is 32.2. The van der Waals surface area contributed by atoms with Gasteiger partial charge in [-0.1, -0.05) is 32.9 Å². The van der Waals surface area contributed by atoms with Crippen LogP contribution in [-0.4, -0.2) is 20.4 Å². The Morgan fingerprint density at radius 2 is 1.74 bits per heavy atom. The molecule has 0 aliphatic heterocycles. The molecule has 0 aromatic heterocycles. The van der Waals surface area contributed by atoms with E-state index in [4.69, 9.17) is 0 Å². The van der Waals surface area contributed by atoms with Crippen LogP contribution in [0.2, 0.25) is 0 Å². The molecular weight excluding hydrogens is 456 g/mol. The van der Waals surface area contributed by atoms with Crippen molar-refractivity contribution in [3.63, 3.8) is 0 Å². The maximum Gasteiger partial charge on any atom is 0.240 e. The van der Waals surface area contributed by atoms with Crippen molar-refractivity contribution in [3.8, 4) is 0 Å². The summed E-state index contributed by atoms with van der Waals surface area (Å²) in [5.74, 6) is 1.87. The first-order chi connectivity index (χ1) is 16.6. The first kappa shape index (κ1) is 24.5. The molecule has 6 heteroatoms. The molecule has 188 valence electrons. The van der Waals surface area contributed by atoms with Crippen LogP contribution in [0.25, 0.3) is 0 Å². The van der Waals surface area contributed by atoms with Crippen LogP contribution in [0.1, 0.15) is 88.0 Å². The molecule has 0 spiro atoms. The number of hydrogen-bond acceptors (Lipinski definition) is 3. The fourth-order valence-electron chi connectivity index (χ4n) is 6.02. The Balaban J connectivity index is 1.39. The average molecular weight is 495 g/mol. The SMILES string of the molecule is CC1CCC(C)(C(=O)Nc2ccc(S(=O)(=O)NC3CC3)cc2)c2ccc3c(c21)CCC(C(C)C)C3. The summed E-state index contributed by atoms with van der Waals surface area (Å²) in [7, 11) is -3.50. The summed E-state index contributed by atoms with van der Waals surface area (Å²) in [6.45, 7) is 9.02. The summed E-state index contributed by atoms with van der Waals surface area (Å²) in [4.78, 5) is 13.9. The van der Waals surface area contributed by atoms with Gasteiger partial charge in [-0.15, -0.1) is 0 Å². The van der Waals surface area contributed by atoms with E-state index >= 15 is 0 Å². The average Bonchev–Trinajstić information content (AvgIpc) is 3.64. The fourth-order valence-corrected chi connectivity index (χ4v) is 7.32. The van der Waals surface area contributed by atoms with Crippen molar-refractivity contribution < 1.29 is 13.2 Å². The Labute approximate surface area is 210 Å². The van der Waals surface area contributed by atoms with Gasteiger partial charge in [-0.2, -0.15) is 0 Å². The Morgan fingerprint density at radius 1 is 1.03 bits per heavy atom. The monoisotopic (exact) mass is 494 g/mol. The maximum absolute atomic E-state index is 13.7. The van der Waals surface area contributed by atoms with E-state index in [1.807, 2.05) is 0 Å². The van der Waals surface area contributed by atoms with Crippen LogP contribution in [0, 0.1) is 11.8 Å². The van der Waals surface area contributed by atoms with Crippen LogP contribution in [-0.2, 0) is 33.1 Å². The number of nitrogens with one attached hydrogen (secondary N) is 2. The molecule has 0 bridgehead atoms. The van der Waals surface area contributed by atoms with Gasteiger partial charge in [-0.05, 0) is 116 Å². The first-order valence-corrected chi connectivity index (χ1v) is 14.7. The number of anilines is 1. The summed E-state index contributed by atoms with van der Waals surface area (Å²) < 4.78 is 27.6. The minimum absolute atomic E-state index is 0.0202. The lowest BCUT2D eigenvalue weighted by atomic mass is 9.64. The van der Waals surface area contributed by atoms with E-state index in [-0.39, 0.29) is 16.8 Å². The van der Waals surface area contributed by atoms with Crippen molar-refractivity contribution in [2.24, 2.45) is 11.8 Å². The fraction of sp³-hybridized carbons (Fsp3) is 0.552. The van der Waals surface area contributed by atoms with E-state index in [9.17, 15) is 13.2 Å². The minimum atomic E-state index is -3.50. The Bertz CT molecular complexity index is 1230. The predicted octanol–water partition coefficient (Wildman–Crippen LogP) is 5.68. The van der Waals surface area contributed by atoms with Crippen molar-refractivity contribution in [2.45, 2.75) is 94.9 Å². The van der Waals surface area contributed by atoms with Crippen molar-refractivity contribution in [1.82, 2.24) is 4.72 Å². The molecule has 1 fully saturated rings. The molecular formula is C29H38N2O3S. The standard InChI is InChI=1S/C29H38N2O3S/c1-18(2)20-5-13-25-21(17-20)6-14-26-27(25)19(3)15-16-29(26,4)28(32)30-22-9-11-24(12-10-22)35(33,34)31-23-7-8-23/h6,9-12,14,18-20,23,31H,5,7-8,13,15-17H2,1-4H3,(H,30,32). The van der Waals surface area contributed by atoms with E-state index in [1.54, 1.807) is 24.3 Å². The number of benzene rings is 2. The zero-order chi connectivity index (χ0) is 25.0. The molecule has 1 saturated carbocycles. The van der Waals surface area contributed by atoms with E-state index in [0.29, 0.717) is 17.5 Å². The highest BCUT2D eigenvalue weighted by Crippen LogP contribution is 2.47. The van der Waals surface area contributed by atoms with E-state index in [0.717, 1.165) is 44.4 Å². The third-order valence-corrected chi connectivity index (χ3v) is 10.2. The summed E-state index contributed by atoms with van der Waals surface area (Å²) in [6.07, 6.45) is 7.06. The number of fused-ring (bicyclic) bond motifs is 3. The predicted molar refractivity (Wildman–Crippen MR) is 140 cm³/mol. The van der Waals surface area contributed by atoms with Gasteiger partial charge in [0.2, 0.25) is 15.9 Å². The normalized spacial score (nSPS) is 26.2. The van der Waals surface area contributed by atoms with E-state index in [2.05, 4.69) is 49.9 Å². The summed E-state index contributed by atoms with van der Waals surface area (Å²) in [5.41, 5.74) is 5.55. The molecule has 5 nitrogen and oxygen atoms in total. The van der Waals surface area contributed by atoms with Gasteiger partial charge in [0, 0.05) is 11.7 Å². The van der Waals surface area contributed by atoms with Crippen LogP contribution in [0.5, 0.6) is 0 Å². The number of hydrogen-bond donors (Lipinski definition) is 2. The molecule has 2 N–H and O–H groups in total. The summed E-state index contributed by atoms with van der Waals surface area (Å²) in [5, 5.41) is 3.09. The van der Waals surface area contributed by atoms with Crippen LogP contribution in [0.3, 0.4) is 0 Å². The second-order valence-electron chi connectivity index (χ2n) is 11.6. The number of carbonyl (C=O) groups excluding carboxylic acids is 1. The molecule has 1 amide bonds. The van der Waals surface area contributed by atoms with Crippen molar-refractivity contribution >= 4 is 21.6 Å². The molecule has 0 saturated heterocycles. The number of rotatable bonds is 6. The van der Waals surface area contributed by atoms with Gasteiger partial charge >= 0.3 is 0 Å². The summed E-state index contributed by atoms with van der Waals surface area (Å²) >= 11 is 0. The zero-order valence-corrected chi connectivity index (χ0v) is 22.2. The smallest absolute Gasteiger partial charge is 0.240 e. The molecule has 3 unspecified atom stereocenters. The highest BCUT2D eigenvalue weighted by molar-refractivity contribution is 7.89. The Morgan fingerprint density at radius 3 is 2.40 bits per heavy atom. The van der Waals surface area contributed by atoms with Gasteiger partial charge in [0.05, 0.1) is 10.3 Å². The van der Waals surface area contributed by atoms with Crippen molar-refractivity contribution in [3.05, 3.63) is 58.7 Å². The molecule has 2 aromatic carbocycles. The lowest BCUT2D eigenvalue weighted by Crippen LogP contribution is -2.41. The maximum atomic E-state index is 13.7. The van der Waals surface area contributed by atoms with Crippen LogP contribution < -0.4 is 10.0 Å². The summed E-state index contributed by atoms with van der Waals surface area (Å²) in [6, 6.07) is 11.1. The molecule has 3 aliphatic rings.